The van der Waals surface area contributed by atoms with Crippen molar-refractivity contribution < 1.29 is 0 Å². The van der Waals surface area contributed by atoms with Gasteiger partial charge in [0.05, 0.1) is 0 Å². The molecule has 1 aliphatic carbocycles. The number of nitrogens with one attached hydrogen (secondary N) is 1. The van der Waals surface area contributed by atoms with Crippen LogP contribution in [0.4, 0.5) is 0 Å². The molecule has 0 bridgehead atoms. The highest BCUT2D eigenvalue weighted by Gasteiger charge is 2.39. The molecule has 112 valence electrons. The predicted molar refractivity (Wildman–Crippen MR) is 88.3 cm³/mol. The molecule has 0 heterocycles. The molecule has 1 aliphatic rings. The fraction of sp³-hybridized carbons (Fsp3) is 0.667. The van der Waals surface area contributed by atoms with Crippen LogP contribution in [0.5, 0.6) is 0 Å². The van der Waals surface area contributed by atoms with Crippen molar-refractivity contribution in [2.24, 2.45) is 16.7 Å². The maximum atomic E-state index is 6.19. The Morgan fingerprint density at radius 2 is 2.00 bits per heavy atom. The molecule has 0 aliphatic heterocycles. The number of fused-ring (bicyclic) bond motifs is 1. The normalized spacial score (nSPS) is 21.3. The van der Waals surface area contributed by atoms with Gasteiger partial charge < -0.3 is 5.32 Å². The third-order valence-electron chi connectivity index (χ3n) is 5.17. The van der Waals surface area contributed by atoms with E-state index in [4.69, 9.17) is 11.6 Å². The van der Waals surface area contributed by atoms with Gasteiger partial charge in [0.1, 0.15) is 0 Å². The van der Waals surface area contributed by atoms with Gasteiger partial charge in [0.15, 0.2) is 0 Å². The van der Waals surface area contributed by atoms with Gasteiger partial charge in [0.2, 0.25) is 0 Å². The van der Waals surface area contributed by atoms with Crippen LogP contribution in [0.25, 0.3) is 0 Å². The highest BCUT2D eigenvalue weighted by atomic mass is 35.5. The Kier molecular flexibility index (Phi) is 4.24. The minimum absolute atomic E-state index is 0.250. The van der Waals surface area contributed by atoms with Crippen LogP contribution in [0.15, 0.2) is 18.2 Å². The Balaban J connectivity index is 2.21. The summed E-state index contributed by atoms with van der Waals surface area (Å²) >= 11 is 6.19. The highest BCUT2D eigenvalue weighted by Crippen LogP contribution is 2.46. The van der Waals surface area contributed by atoms with Gasteiger partial charge in [-0.15, -0.1) is 0 Å². The van der Waals surface area contributed by atoms with Crippen molar-refractivity contribution in [2.75, 3.05) is 6.54 Å². The Hall–Kier alpha value is -0.530. The van der Waals surface area contributed by atoms with Crippen LogP contribution in [0.3, 0.4) is 0 Å². The maximum Gasteiger partial charge on any atom is 0.0409 e. The summed E-state index contributed by atoms with van der Waals surface area (Å²) in [6.07, 6.45) is 1.12. The Morgan fingerprint density at radius 3 is 2.60 bits per heavy atom. The van der Waals surface area contributed by atoms with E-state index in [1.165, 1.54) is 11.1 Å². The number of rotatable bonds is 4. The summed E-state index contributed by atoms with van der Waals surface area (Å²) in [6, 6.07) is 6.74. The SMILES string of the molecule is CC(C)C(C)(C)CNC1c2cc(Cl)ccc2CC1(C)C. The third-order valence-corrected chi connectivity index (χ3v) is 5.41. The summed E-state index contributed by atoms with van der Waals surface area (Å²) in [5.41, 5.74) is 3.39. The first-order valence-corrected chi connectivity index (χ1v) is 8.03. The van der Waals surface area contributed by atoms with E-state index < -0.39 is 0 Å². The van der Waals surface area contributed by atoms with Crippen molar-refractivity contribution in [1.29, 1.82) is 0 Å². The first-order chi connectivity index (χ1) is 9.13. The van der Waals surface area contributed by atoms with Gasteiger partial charge in [-0.1, -0.05) is 59.2 Å². The Morgan fingerprint density at radius 1 is 1.35 bits per heavy atom. The second-order valence-electron chi connectivity index (χ2n) is 7.97. The van der Waals surface area contributed by atoms with Gasteiger partial charge in [-0.3, -0.25) is 0 Å². The van der Waals surface area contributed by atoms with Crippen LogP contribution in [0, 0.1) is 16.7 Å². The molecule has 0 saturated heterocycles. The van der Waals surface area contributed by atoms with Gasteiger partial charge >= 0.3 is 0 Å². The summed E-state index contributed by atoms with van der Waals surface area (Å²) < 4.78 is 0. The molecule has 0 aromatic heterocycles. The number of halogens is 1. The molecule has 1 N–H and O–H groups in total. The standard InChI is InChI=1S/C18H28ClN/c1-12(2)18(5,6)11-20-16-15-9-14(19)8-7-13(15)10-17(16,3)4/h7-9,12,16,20H,10-11H2,1-6H3. The van der Waals surface area contributed by atoms with E-state index in [0.29, 0.717) is 17.4 Å². The topological polar surface area (TPSA) is 12.0 Å². The fourth-order valence-corrected chi connectivity index (χ4v) is 3.15. The largest absolute Gasteiger partial charge is 0.309 e. The summed E-state index contributed by atoms with van der Waals surface area (Å²) in [4.78, 5) is 0. The van der Waals surface area contributed by atoms with Crippen molar-refractivity contribution >= 4 is 11.6 Å². The molecule has 2 heteroatoms. The van der Waals surface area contributed by atoms with Gasteiger partial charge in [-0.25, -0.2) is 0 Å². The van der Waals surface area contributed by atoms with Crippen LogP contribution in [-0.2, 0) is 6.42 Å². The van der Waals surface area contributed by atoms with Crippen LogP contribution in [0.1, 0.15) is 58.7 Å². The first kappa shape index (κ1) is 15.9. The Bertz CT molecular complexity index is 488. The molecule has 2 rings (SSSR count). The molecule has 0 amide bonds. The lowest BCUT2D eigenvalue weighted by Gasteiger charge is -2.35. The molecule has 0 saturated carbocycles. The average molecular weight is 294 g/mol. The van der Waals surface area contributed by atoms with Crippen LogP contribution >= 0.6 is 11.6 Å². The minimum Gasteiger partial charge on any atom is -0.309 e. The van der Waals surface area contributed by atoms with E-state index in [9.17, 15) is 0 Å². The molecule has 0 fully saturated rings. The lowest BCUT2D eigenvalue weighted by Crippen LogP contribution is -2.39. The summed E-state index contributed by atoms with van der Waals surface area (Å²) in [5.74, 6) is 0.665. The van der Waals surface area contributed by atoms with Gasteiger partial charge in [0, 0.05) is 17.6 Å². The van der Waals surface area contributed by atoms with Gasteiger partial charge in [0.25, 0.3) is 0 Å². The first-order valence-electron chi connectivity index (χ1n) is 7.65. The zero-order chi connectivity index (χ0) is 15.1. The van der Waals surface area contributed by atoms with Gasteiger partial charge in [-0.05, 0) is 46.4 Å². The van der Waals surface area contributed by atoms with E-state index >= 15 is 0 Å². The van der Waals surface area contributed by atoms with Crippen LogP contribution < -0.4 is 5.32 Å². The molecular weight excluding hydrogens is 266 g/mol. The average Bonchev–Trinajstić information content (AvgIpc) is 2.56. The summed E-state index contributed by atoms with van der Waals surface area (Å²) in [5, 5.41) is 4.66. The van der Waals surface area contributed by atoms with E-state index in [1.54, 1.807) is 0 Å². The molecule has 0 spiro atoms. The monoisotopic (exact) mass is 293 g/mol. The molecule has 1 aromatic rings. The zero-order valence-corrected chi connectivity index (χ0v) is 14.4. The van der Waals surface area contributed by atoms with E-state index in [-0.39, 0.29) is 5.41 Å². The summed E-state index contributed by atoms with van der Waals surface area (Å²) in [6.45, 7) is 15.0. The zero-order valence-electron chi connectivity index (χ0n) is 13.7. The number of benzene rings is 1. The van der Waals surface area contributed by atoms with Crippen molar-refractivity contribution in [3.8, 4) is 0 Å². The lowest BCUT2D eigenvalue weighted by atomic mass is 9.79. The second kappa shape index (κ2) is 5.35. The molecular formula is C18H28ClN. The minimum atomic E-state index is 0.250. The lowest BCUT2D eigenvalue weighted by molar-refractivity contribution is 0.192. The van der Waals surface area contributed by atoms with Crippen LogP contribution in [0.2, 0.25) is 5.02 Å². The molecule has 1 atom stereocenters. The van der Waals surface area contributed by atoms with E-state index in [2.05, 4.69) is 59.0 Å². The van der Waals surface area contributed by atoms with Crippen molar-refractivity contribution in [3.63, 3.8) is 0 Å². The summed E-state index contributed by atoms with van der Waals surface area (Å²) in [7, 11) is 0. The van der Waals surface area contributed by atoms with Crippen molar-refractivity contribution in [3.05, 3.63) is 34.3 Å². The molecule has 20 heavy (non-hydrogen) atoms. The fourth-order valence-electron chi connectivity index (χ4n) is 2.96. The quantitative estimate of drug-likeness (QED) is 0.801. The highest BCUT2D eigenvalue weighted by molar-refractivity contribution is 6.30. The number of hydrogen-bond acceptors (Lipinski definition) is 1. The predicted octanol–water partition coefficient (Wildman–Crippen LogP) is 5.24. The smallest absolute Gasteiger partial charge is 0.0409 e. The van der Waals surface area contributed by atoms with E-state index in [0.717, 1.165) is 18.0 Å². The Labute approximate surface area is 129 Å². The van der Waals surface area contributed by atoms with E-state index in [1.807, 2.05) is 6.07 Å². The molecule has 1 aromatic carbocycles. The van der Waals surface area contributed by atoms with Crippen molar-refractivity contribution in [1.82, 2.24) is 5.32 Å². The van der Waals surface area contributed by atoms with Gasteiger partial charge in [-0.2, -0.15) is 0 Å². The second-order valence-corrected chi connectivity index (χ2v) is 8.40. The molecule has 0 radical (unpaired) electrons. The third kappa shape index (κ3) is 3.04. The van der Waals surface area contributed by atoms with Crippen LogP contribution in [-0.4, -0.2) is 6.54 Å². The molecule has 1 unspecified atom stereocenters. The maximum absolute atomic E-state index is 6.19. The number of hydrogen-bond donors (Lipinski definition) is 1. The van der Waals surface area contributed by atoms with Crippen molar-refractivity contribution in [2.45, 2.75) is 54.0 Å². The molecule has 1 nitrogen and oxygen atoms in total.